The van der Waals surface area contributed by atoms with Crippen LogP contribution < -0.4 is 10.2 Å². The lowest BCUT2D eigenvalue weighted by Gasteiger charge is -2.38. The Bertz CT molecular complexity index is 852. The molecule has 25 heavy (non-hydrogen) atoms. The molecule has 3 aliphatic rings. The van der Waals surface area contributed by atoms with Gasteiger partial charge >= 0.3 is 17.8 Å². The van der Waals surface area contributed by atoms with E-state index in [0.29, 0.717) is 13.1 Å². The fourth-order valence-corrected chi connectivity index (χ4v) is 5.15. The molecule has 7 heteroatoms. The van der Waals surface area contributed by atoms with Gasteiger partial charge in [0, 0.05) is 42.4 Å². The van der Waals surface area contributed by atoms with Crippen molar-refractivity contribution < 1.29 is 19.1 Å². The molecule has 1 aromatic heterocycles. The van der Waals surface area contributed by atoms with Crippen molar-refractivity contribution >= 4 is 38.4 Å². The number of rotatable bonds is 1. The Balaban J connectivity index is 1.64. The number of hydrogen-bond donors (Lipinski definition) is 1. The minimum Gasteiger partial charge on any atom is -0.400 e. The molecule has 2 atom stereocenters. The fourth-order valence-electron chi connectivity index (χ4n) is 4.03. The first kappa shape index (κ1) is 14.9. The first-order valence-electron chi connectivity index (χ1n) is 8.27. The Morgan fingerprint density at radius 2 is 1.88 bits per heavy atom. The predicted molar refractivity (Wildman–Crippen MR) is 93.1 cm³/mol. The lowest BCUT2D eigenvalue weighted by atomic mass is 9.97. The Morgan fingerprint density at radius 1 is 1.12 bits per heavy atom. The Kier molecular flexibility index (Phi) is 3.17. The lowest BCUT2D eigenvalue weighted by Crippen LogP contribution is -2.55. The summed E-state index contributed by atoms with van der Waals surface area (Å²) < 4.78 is 12.6. The zero-order valence-electron chi connectivity index (χ0n) is 13.3. The summed E-state index contributed by atoms with van der Waals surface area (Å²) in [4.78, 5) is 26.2. The minimum absolute atomic E-state index is 0.0921. The second kappa shape index (κ2) is 5.31. The molecule has 1 N–H and O–H groups in total. The average molecular weight is 356 g/mol. The van der Waals surface area contributed by atoms with E-state index in [1.807, 2.05) is 23.1 Å². The van der Waals surface area contributed by atoms with Gasteiger partial charge in [0.2, 0.25) is 0 Å². The highest BCUT2D eigenvalue weighted by Crippen LogP contribution is 2.48. The average Bonchev–Trinajstić information content (AvgIpc) is 3.25. The van der Waals surface area contributed by atoms with Crippen molar-refractivity contribution in [2.45, 2.75) is 5.91 Å². The topological polar surface area (TPSA) is 67.9 Å². The van der Waals surface area contributed by atoms with Crippen molar-refractivity contribution in [2.24, 2.45) is 11.8 Å². The standard InChI is InChI=1S/C18H16N2O4S/c21-16-5-6-17(22)24-18(23-16)13-9-19-8-12(13)10-20(18)15-7-11-3-1-2-4-14(11)25-15/h1-7,12-13,19H,8-10H2. The van der Waals surface area contributed by atoms with Gasteiger partial charge in [0.15, 0.2) is 0 Å². The predicted octanol–water partition coefficient (Wildman–Crippen LogP) is 1.87. The van der Waals surface area contributed by atoms with E-state index in [-0.39, 0.29) is 11.8 Å². The maximum absolute atomic E-state index is 12.1. The molecule has 0 amide bonds. The number of benzene rings is 1. The van der Waals surface area contributed by atoms with Crippen molar-refractivity contribution in [1.82, 2.24) is 5.32 Å². The molecular weight excluding hydrogens is 340 g/mol. The summed E-state index contributed by atoms with van der Waals surface area (Å²) in [6.07, 6.45) is 2.27. The van der Waals surface area contributed by atoms with Crippen LogP contribution in [0.15, 0.2) is 42.5 Å². The molecule has 0 aliphatic carbocycles. The zero-order valence-corrected chi connectivity index (χ0v) is 14.1. The smallest absolute Gasteiger partial charge is 0.348 e. The van der Waals surface area contributed by atoms with Crippen LogP contribution in [0, 0.1) is 11.8 Å². The van der Waals surface area contributed by atoms with Gasteiger partial charge in [0.05, 0.1) is 10.9 Å². The van der Waals surface area contributed by atoms with E-state index in [2.05, 4.69) is 17.4 Å². The first-order chi connectivity index (χ1) is 12.2. The van der Waals surface area contributed by atoms with Crippen molar-refractivity contribution in [3.63, 3.8) is 0 Å². The van der Waals surface area contributed by atoms with Gasteiger partial charge in [-0.3, -0.25) is 4.90 Å². The van der Waals surface area contributed by atoms with E-state index in [9.17, 15) is 9.59 Å². The first-order valence-corrected chi connectivity index (χ1v) is 9.08. The van der Waals surface area contributed by atoms with E-state index < -0.39 is 17.8 Å². The maximum atomic E-state index is 12.1. The largest absolute Gasteiger partial charge is 0.400 e. The number of ether oxygens (including phenoxy) is 2. The SMILES string of the molecule is O=C1C=CC(=O)OC2(O1)C1CNCC1CN2c1cc2ccccc2s1. The molecule has 2 fully saturated rings. The van der Waals surface area contributed by atoms with Crippen LogP contribution in [0.2, 0.25) is 0 Å². The van der Waals surface area contributed by atoms with Crippen molar-refractivity contribution in [2.75, 3.05) is 24.5 Å². The molecule has 0 radical (unpaired) electrons. The normalized spacial score (nSPS) is 27.4. The van der Waals surface area contributed by atoms with Crippen LogP contribution in [0.4, 0.5) is 5.00 Å². The highest BCUT2D eigenvalue weighted by molar-refractivity contribution is 7.22. The van der Waals surface area contributed by atoms with Crippen LogP contribution in [0.1, 0.15) is 0 Å². The van der Waals surface area contributed by atoms with Crippen LogP contribution >= 0.6 is 11.3 Å². The van der Waals surface area contributed by atoms with Gasteiger partial charge in [-0.15, -0.1) is 11.3 Å². The lowest BCUT2D eigenvalue weighted by molar-refractivity contribution is -0.230. The molecule has 5 rings (SSSR count). The van der Waals surface area contributed by atoms with E-state index in [0.717, 1.165) is 33.8 Å². The van der Waals surface area contributed by atoms with Gasteiger partial charge in [-0.05, 0) is 17.5 Å². The summed E-state index contributed by atoms with van der Waals surface area (Å²) in [6.45, 7) is 2.13. The second-order valence-corrected chi connectivity index (χ2v) is 7.63. The van der Waals surface area contributed by atoms with Gasteiger partial charge in [0.25, 0.3) is 0 Å². The molecule has 2 unspecified atom stereocenters. The summed E-state index contributed by atoms with van der Waals surface area (Å²) in [5.41, 5.74) is 0. The Morgan fingerprint density at radius 3 is 2.64 bits per heavy atom. The summed E-state index contributed by atoms with van der Waals surface area (Å²) in [5.74, 6) is -2.32. The number of carbonyl (C=O) groups is 2. The second-order valence-electron chi connectivity index (χ2n) is 6.56. The van der Waals surface area contributed by atoms with Crippen molar-refractivity contribution in [1.29, 1.82) is 0 Å². The van der Waals surface area contributed by atoms with Crippen LogP contribution in [-0.2, 0) is 19.1 Å². The van der Waals surface area contributed by atoms with Crippen LogP contribution in [0.3, 0.4) is 0 Å². The molecule has 128 valence electrons. The third kappa shape index (κ3) is 2.19. The number of thiophene rings is 1. The van der Waals surface area contributed by atoms with Crippen LogP contribution in [0.5, 0.6) is 0 Å². The van der Waals surface area contributed by atoms with Crippen LogP contribution in [0.25, 0.3) is 10.1 Å². The molecule has 1 spiro atoms. The highest BCUT2D eigenvalue weighted by Gasteiger charge is 2.62. The molecule has 0 bridgehead atoms. The third-order valence-corrected chi connectivity index (χ3v) is 6.27. The van der Waals surface area contributed by atoms with Gasteiger partial charge in [-0.25, -0.2) is 9.59 Å². The summed E-state index contributed by atoms with van der Waals surface area (Å²) in [6, 6.07) is 10.2. The minimum atomic E-state index is -1.38. The molecule has 2 saturated heterocycles. The number of fused-ring (bicyclic) bond motifs is 3. The number of hydrogen-bond acceptors (Lipinski definition) is 7. The molecule has 0 saturated carbocycles. The van der Waals surface area contributed by atoms with E-state index >= 15 is 0 Å². The number of anilines is 1. The number of carbonyl (C=O) groups excluding carboxylic acids is 2. The molecule has 4 heterocycles. The molecular formula is C18H16N2O4S. The molecule has 2 aromatic rings. The van der Waals surface area contributed by atoms with Gasteiger partial charge in [0.1, 0.15) is 0 Å². The quantitative estimate of drug-likeness (QED) is 0.787. The third-order valence-electron chi connectivity index (χ3n) is 5.13. The molecule has 6 nitrogen and oxygen atoms in total. The molecule has 3 aliphatic heterocycles. The van der Waals surface area contributed by atoms with Gasteiger partial charge < -0.3 is 14.8 Å². The summed E-state index contributed by atoms with van der Waals surface area (Å²) in [5, 5.41) is 5.38. The fraction of sp³-hybridized carbons (Fsp3) is 0.333. The maximum Gasteiger partial charge on any atom is 0.348 e. The van der Waals surface area contributed by atoms with Gasteiger partial charge in [-0.2, -0.15) is 0 Å². The highest BCUT2D eigenvalue weighted by atomic mass is 32.1. The van der Waals surface area contributed by atoms with Crippen LogP contribution in [-0.4, -0.2) is 37.5 Å². The van der Waals surface area contributed by atoms with Crippen molar-refractivity contribution in [3.05, 3.63) is 42.5 Å². The van der Waals surface area contributed by atoms with E-state index in [4.69, 9.17) is 9.47 Å². The van der Waals surface area contributed by atoms with E-state index in [1.54, 1.807) is 11.3 Å². The summed E-state index contributed by atoms with van der Waals surface area (Å²) in [7, 11) is 0. The molecule has 1 aromatic carbocycles. The van der Waals surface area contributed by atoms with Gasteiger partial charge in [-0.1, -0.05) is 18.2 Å². The Labute approximate surface area is 148 Å². The number of nitrogens with one attached hydrogen (secondary N) is 1. The number of esters is 2. The Hall–Kier alpha value is -2.38. The zero-order chi connectivity index (χ0) is 17.0. The van der Waals surface area contributed by atoms with E-state index in [1.165, 1.54) is 0 Å². The number of nitrogens with zero attached hydrogens (tertiary/aromatic N) is 1. The van der Waals surface area contributed by atoms with Crippen molar-refractivity contribution in [3.8, 4) is 0 Å². The monoisotopic (exact) mass is 356 g/mol. The summed E-state index contributed by atoms with van der Waals surface area (Å²) >= 11 is 1.61.